The lowest BCUT2D eigenvalue weighted by Gasteiger charge is -2.26. The van der Waals surface area contributed by atoms with Crippen molar-refractivity contribution >= 4 is 23.5 Å². The first-order chi connectivity index (χ1) is 10.7. The molecule has 0 radical (unpaired) electrons. The summed E-state index contributed by atoms with van der Waals surface area (Å²) in [6.45, 7) is 3.44. The largest absolute Gasteiger partial charge is 0.369 e. The number of nitrogens with zero attached hydrogens (tertiary/aromatic N) is 1. The minimum Gasteiger partial charge on any atom is -0.369 e. The van der Waals surface area contributed by atoms with E-state index in [0.29, 0.717) is 12.8 Å². The van der Waals surface area contributed by atoms with Gasteiger partial charge in [-0.15, -0.1) is 0 Å². The maximum Gasteiger partial charge on any atom is 0.249 e. The van der Waals surface area contributed by atoms with Crippen LogP contribution in [0.5, 0.6) is 0 Å². The van der Waals surface area contributed by atoms with Gasteiger partial charge in [0.1, 0.15) is 12.6 Å². The van der Waals surface area contributed by atoms with Crippen LogP contribution in [0.4, 0.5) is 0 Å². The Kier molecular flexibility index (Phi) is 6.68. The predicted octanol–water partition coefficient (Wildman–Crippen LogP) is -0.806. The molecule has 1 heterocycles. The number of primary amides is 2. The molecule has 0 aliphatic carbocycles. The van der Waals surface area contributed by atoms with Gasteiger partial charge in [-0.05, 0) is 18.8 Å². The van der Waals surface area contributed by atoms with E-state index in [4.69, 9.17) is 16.2 Å². The van der Waals surface area contributed by atoms with Crippen molar-refractivity contribution < 1.29 is 23.9 Å². The molecular weight excluding hydrogens is 302 g/mol. The van der Waals surface area contributed by atoms with E-state index >= 15 is 0 Å². The molecule has 130 valence electrons. The maximum atomic E-state index is 12.2. The summed E-state index contributed by atoms with van der Waals surface area (Å²) in [5, 5.41) is 0. The van der Waals surface area contributed by atoms with Gasteiger partial charge in [0.25, 0.3) is 0 Å². The first-order valence-corrected chi connectivity index (χ1v) is 7.65. The minimum atomic E-state index is -1.09. The van der Waals surface area contributed by atoms with Gasteiger partial charge in [0.15, 0.2) is 11.9 Å². The molecule has 8 heteroatoms. The van der Waals surface area contributed by atoms with Gasteiger partial charge >= 0.3 is 0 Å². The number of rotatable bonds is 8. The van der Waals surface area contributed by atoms with Crippen LogP contribution in [0, 0.1) is 11.8 Å². The van der Waals surface area contributed by atoms with Gasteiger partial charge in [0, 0.05) is 19.4 Å². The number of hydrogen-bond acceptors (Lipinski definition) is 5. The van der Waals surface area contributed by atoms with Gasteiger partial charge in [-0.1, -0.05) is 13.8 Å². The highest BCUT2D eigenvalue weighted by molar-refractivity contribution is 5.98. The van der Waals surface area contributed by atoms with E-state index in [9.17, 15) is 19.2 Å². The summed E-state index contributed by atoms with van der Waals surface area (Å²) in [6, 6.07) is -0.957. The number of carbonyl (C=O) groups is 4. The molecule has 1 rings (SSSR count). The molecule has 1 saturated heterocycles. The summed E-state index contributed by atoms with van der Waals surface area (Å²) >= 11 is 0. The van der Waals surface area contributed by atoms with Gasteiger partial charge in [-0.3, -0.25) is 19.2 Å². The molecule has 1 fully saturated rings. The summed E-state index contributed by atoms with van der Waals surface area (Å²) in [6.07, 6.45) is 0.343. The second-order valence-corrected chi connectivity index (χ2v) is 6.11. The van der Waals surface area contributed by atoms with Crippen molar-refractivity contribution in [1.82, 2.24) is 4.90 Å². The summed E-state index contributed by atoms with van der Waals surface area (Å²) in [5.41, 5.74) is 10.4. The molecule has 4 unspecified atom stereocenters. The van der Waals surface area contributed by atoms with Crippen LogP contribution < -0.4 is 11.5 Å². The lowest BCUT2D eigenvalue weighted by molar-refractivity contribution is -0.139. The number of ether oxygens (including phenoxy) is 1. The number of hydrogen-bond donors (Lipinski definition) is 2. The molecule has 1 aliphatic heterocycles. The molecule has 0 aromatic heterocycles. The van der Waals surface area contributed by atoms with E-state index in [1.54, 1.807) is 6.92 Å². The molecule has 1 aliphatic rings. The normalized spacial score (nSPS) is 23.3. The number of amides is 3. The average molecular weight is 327 g/mol. The summed E-state index contributed by atoms with van der Waals surface area (Å²) in [5.74, 6) is -1.91. The number of carbonyl (C=O) groups excluding carboxylic acids is 4. The Morgan fingerprint density at radius 2 is 1.91 bits per heavy atom. The molecule has 0 spiro atoms. The van der Waals surface area contributed by atoms with Crippen molar-refractivity contribution in [2.24, 2.45) is 23.3 Å². The fraction of sp³-hybridized carbons (Fsp3) is 0.733. The van der Waals surface area contributed by atoms with E-state index in [0.717, 1.165) is 0 Å². The van der Waals surface area contributed by atoms with Crippen LogP contribution in [-0.2, 0) is 23.9 Å². The third-order valence-electron chi connectivity index (χ3n) is 4.47. The minimum absolute atomic E-state index is 0.0698. The van der Waals surface area contributed by atoms with Crippen molar-refractivity contribution in [3.63, 3.8) is 0 Å². The van der Waals surface area contributed by atoms with Crippen molar-refractivity contribution in [2.75, 3.05) is 13.7 Å². The Bertz CT molecular complexity index is 494. The Labute approximate surface area is 135 Å². The molecule has 3 amide bonds. The van der Waals surface area contributed by atoms with Crippen molar-refractivity contribution in [3.05, 3.63) is 0 Å². The molecule has 23 heavy (non-hydrogen) atoms. The van der Waals surface area contributed by atoms with Gasteiger partial charge in [0.2, 0.25) is 17.7 Å². The zero-order valence-corrected chi connectivity index (χ0v) is 13.8. The zero-order chi connectivity index (χ0) is 17.7. The van der Waals surface area contributed by atoms with Gasteiger partial charge in [-0.25, -0.2) is 0 Å². The molecule has 4 atom stereocenters. The van der Waals surface area contributed by atoms with E-state index in [-0.39, 0.29) is 42.5 Å². The Morgan fingerprint density at radius 1 is 1.30 bits per heavy atom. The predicted molar refractivity (Wildman–Crippen MR) is 81.9 cm³/mol. The number of Topliss-reactive ketones (excluding diaryl/α,β-unsaturated/α-hetero) is 1. The van der Waals surface area contributed by atoms with Crippen LogP contribution in [-0.4, -0.2) is 54.2 Å². The number of nitrogens with two attached hydrogens (primary N) is 2. The van der Waals surface area contributed by atoms with E-state index in [1.165, 1.54) is 11.9 Å². The van der Waals surface area contributed by atoms with Crippen molar-refractivity contribution in [1.29, 1.82) is 0 Å². The van der Waals surface area contributed by atoms with Crippen molar-refractivity contribution in [2.45, 2.75) is 45.3 Å². The second-order valence-electron chi connectivity index (χ2n) is 6.11. The van der Waals surface area contributed by atoms with Crippen LogP contribution in [0.1, 0.15) is 33.1 Å². The number of likely N-dealkylation sites (N-methyl/N-ethyl adjacent to an activating group) is 1. The first-order valence-electron chi connectivity index (χ1n) is 7.65. The highest BCUT2D eigenvalue weighted by Crippen LogP contribution is 2.20. The second kappa shape index (κ2) is 8.05. The monoisotopic (exact) mass is 327 g/mol. The van der Waals surface area contributed by atoms with Crippen molar-refractivity contribution in [3.8, 4) is 0 Å². The van der Waals surface area contributed by atoms with E-state index < -0.39 is 18.1 Å². The van der Waals surface area contributed by atoms with Crippen LogP contribution in [0.3, 0.4) is 0 Å². The quantitative estimate of drug-likeness (QED) is 0.602. The van der Waals surface area contributed by atoms with Crippen LogP contribution in [0.15, 0.2) is 0 Å². The highest BCUT2D eigenvalue weighted by Gasteiger charge is 2.43. The average Bonchev–Trinajstić information content (AvgIpc) is 2.87. The number of ketones is 1. The van der Waals surface area contributed by atoms with Crippen LogP contribution in [0.25, 0.3) is 0 Å². The fourth-order valence-corrected chi connectivity index (χ4v) is 2.61. The SMILES string of the molecule is CC(CCCC(=O)N(C)C1C(=O)COC1C(N)=O)C(C)C(N)=O. The topological polar surface area (TPSA) is 133 Å². The standard InChI is InChI=1S/C15H25N3O5/c1-8(9(2)14(16)21)5-4-6-11(20)18(3)12-10(19)7-23-13(12)15(17)22/h8-9,12-13H,4-7H2,1-3H3,(H2,16,21)(H2,17,22). The Hall–Kier alpha value is -1.96. The smallest absolute Gasteiger partial charge is 0.249 e. The summed E-state index contributed by atoms with van der Waals surface area (Å²) in [7, 11) is 1.46. The lowest BCUT2D eigenvalue weighted by atomic mass is 9.90. The van der Waals surface area contributed by atoms with Gasteiger partial charge < -0.3 is 21.1 Å². The van der Waals surface area contributed by atoms with Gasteiger partial charge in [0.05, 0.1) is 0 Å². The van der Waals surface area contributed by atoms with E-state index in [1.807, 2.05) is 6.92 Å². The molecule has 4 N–H and O–H groups in total. The molecule has 0 saturated carbocycles. The molecule has 8 nitrogen and oxygen atoms in total. The van der Waals surface area contributed by atoms with Gasteiger partial charge in [-0.2, -0.15) is 0 Å². The molecule has 0 aromatic carbocycles. The lowest BCUT2D eigenvalue weighted by Crippen LogP contribution is -2.50. The highest BCUT2D eigenvalue weighted by atomic mass is 16.5. The van der Waals surface area contributed by atoms with E-state index in [2.05, 4.69) is 0 Å². The summed E-state index contributed by atoms with van der Waals surface area (Å²) in [4.78, 5) is 47.6. The summed E-state index contributed by atoms with van der Waals surface area (Å²) < 4.78 is 5.04. The molecule has 0 aromatic rings. The van der Waals surface area contributed by atoms with Crippen LogP contribution >= 0.6 is 0 Å². The third-order valence-corrected chi connectivity index (χ3v) is 4.47. The zero-order valence-electron chi connectivity index (χ0n) is 13.8. The Balaban J connectivity index is 2.52. The van der Waals surface area contributed by atoms with Crippen LogP contribution in [0.2, 0.25) is 0 Å². The first kappa shape index (κ1) is 19.1. The maximum absolute atomic E-state index is 12.2. The Morgan fingerprint density at radius 3 is 2.43 bits per heavy atom. The molecular formula is C15H25N3O5. The molecule has 0 bridgehead atoms. The fourth-order valence-electron chi connectivity index (χ4n) is 2.61. The third kappa shape index (κ3) is 4.75.